The highest BCUT2D eigenvalue weighted by Crippen LogP contribution is 2.22. The molecule has 1 aromatic rings. The summed E-state index contributed by atoms with van der Waals surface area (Å²) in [6.45, 7) is 2.00. The number of hydrogen-bond donors (Lipinski definition) is 1. The fourth-order valence-corrected chi connectivity index (χ4v) is 2.68. The molecule has 0 radical (unpaired) electrons. The van der Waals surface area contributed by atoms with E-state index in [0.29, 0.717) is 11.6 Å². The van der Waals surface area contributed by atoms with Crippen molar-refractivity contribution in [3.8, 4) is 0 Å². The van der Waals surface area contributed by atoms with Crippen molar-refractivity contribution in [2.24, 2.45) is 0 Å². The van der Waals surface area contributed by atoms with Crippen LogP contribution in [0.25, 0.3) is 0 Å². The van der Waals surface area contributed by atoms with Crippen LogP contribution in [0.5, 0.6) is 0 Å². The number of halogens is 1. The Kier molecular flexibility index (Phi) is 5.78. The Labute approximate surface area is 107 Å². The smallest absolute Gasteiger partial charge is 0.125 e. The number of aliphatic hydroxyl groups is 1. The maximum Gasteiger partial charge on any atom is 0.125 e. The monoisotopic (exact) mass is 257 g/mol. The molecule has 0 aliphatic carbocycles. The normalized spacial score (nSPS) is 12.5. The zero-order valence-corrected chi connectivity index (χ0v) is 11.4. The summed E-state index contributed by atoms with van der Waals surface area (Å²) in [5.41, 5.74) is 1.45. The molecule has 0 heterocycles. The molecular weight excluding hydrogens is 237 g/mol. The minimum absolute atomic E-state index is 0.127. The molecule has 0 saturated carbocycles. The van der Waals surface area contributed by atoms with Crippen molar-refractivity contribution in [3.63, 3.8) is 0 Å². The molecule has 0 amide bonds. The van der Waals surface area contributed by atoms with E-state index in [1.54, 1.807) is 11.8 Å². The largest absolute Gasteiger partial charge is 0.392 e. The summed E-state index contributed by atoms with van der Waals surface area (Å²) in [4.78, 5) is 2.08. The minimum atomic E-state index is -0.294. The van der Waals surface area contributed by atoms with Gasteiger partial charge in [0.05, 0.1) is 6.61 Å². The fourth-order valence-electron chi connectivity index (χ4n) is 1.83. The van der Waals surface area contributed by atoms with Gasteiger partial charge in [-0.3, -0.25) is 0 Å². The van der Waals surface area contributed by atoms with Gasteiger partial charge in [0.1, 0.15) is 5.82 Å². The van der Waals surface area contributed by atoms with Crippen LogP contribution >= 0.6 is 11.8 Å². The summed E-state index contributed by atoms with van der Waals surface area (Å²) in [5.74, 6) is 0.718. The highest BCUT2D eigenvalue weighted by molar-refractivity contribution is 7.98. The lowest BCUT2D eigenvalue weighted by Crippen LogP contribution is -2.33. The van der Waals surface area contributed by atoms with Gasteiger partial charge in [-0.1, -0.05) is 6.92 Å². The first kappa shape index (κ1) is 14.3. The first-order valence-corrected chi connectivity index (χ1v) is 7.13. The van der Waals surface area contributed by atoms with Crippen LogP contribution in [-0.2, 0) is 6.61 Å². The molecule has 0 aliphatic rings. The average Bonchev–Trinajstić information content (AvgIpc) is 2.34. The Hall–Kier alpha value is -0.740. The van der Waals surface area contributed by atoms with Crippen molar-refractivity contribution in [1.29, 1.82) is 0 Å². The van der Waals surface area contributed by atoms with Gasteiger partial charge in [-0.25, -0.2) is 4.39 Å². The Balaban J connectivity index is 2.93. The van der Waals surface area contributed by atoms with E-state index in [2.05, 4.69) is 18.1 Å². The third-order valence-electron chi connectivity index (χ3n) is 2.91. The zero-order valence-electron chi connectivity index (χ0n) is 10.6. The maximum atomic E-state index is 13.4. The Morgan fingerprint density at radius 2 is 2.12 bits per heavy atom. The van der Waals surface area contributed by atoms with E-state index in [0.717, 1.165) is 17.9 Å². The molecular formula is C13H20FNOS. The van der Waals surface area contributed by atoms with E-state index >= 15 is 0 Å². The number of benzene rings is 1. The molecule has 0 aliphatic heterocycles. The van der Waals surface area contributed by atoms with Crippen LogP contribution in [0.4, 0.5) is 10.1 Å². The summed E-state index contributed by atoms with van der Waals surface area (Å²) in [6, 6.07) is 5.11. The summed E-state index contributed by atoms with van der Waals surface area (Å²) < 4.78 is 13.4. The molecule has 1 N–H and O–H groups in total. The number of aliphatic hydroxyl groups excluding tert-OH is 1. The first-order chi connectivity index (χ1) is 8.12. The third kappa shape index (κ3) is 3.89. The van der Waals surface area contributed by atoms with E-state index in [1.165, 1.54) is 12.1 Å². The quantitative estimate of drug-likeness (QED) is 0.847. The molecule has 0 fully saturated rings. The van der Waals surface area contributed by atoms with E-state index in [1.807, 2.05) is 13.1 Å². The number of anilines is 1. The predicted octanol–water partition coefficient (Wildman–Crippen LogP) is 2.90. The number of rotatable bonds is 6. The van der Waals surface area contributed by atoms with Crippen molar-refractivity contribution < 1.29 is 9.50 Å². The van der Waals surface area contributed by atoms with Gasteiger partial charge >= 0.3 is 0 Å². The maximum absolute atomic E-state index is 13.4. The minimum Gasteiger partial charge on any atom is -0.392 e. The predicted molar refractivity (Wildman–Crippen MR) is 73.2 cm³/mol. The molecule has 2 nitrogen and oxygen atoms in total. The van der Waals surface area contributed by atoms with Crippen molar-refractivity contribution in [1.82, 2.24) is 0 Å². The van der Waals surface area contributed by atoms with Gasteiger partial charge in [-0.15, -0.1) is 0 Å². The van der Waals surface area contributed by atoms with Crippen LogP contribution in [0.15, 0.2) is 18.2 Å². The van der Waals surface area contributed by atoms with Gasteiger partial charge in [0.2, 0.25) is 0 Å². The molecule has 17 heavy (non-hydrogen) atoms. The number of hydrogen-bond acceptors (Lipinski definition) is 3. The Bertz CT molecular complexity index is 359. The van der Waals surface area contributed by atoms with Crippen molar-refractivity contribution in [2.75, 3.05) is 24.0 Å². The summed E-state index contributed by atoms with van der Waals surface area (Å²) in [6.07, 6.45) is 3.09. The number of thioether (sulfide) groups is 1. The van der Waals surface area contributed by atoms with Gasteiger partial charge < -0.3 is 10.0 Å². The zero-order chi connectivity index (χ0) is 12.8. The van der Waals surface area contributed by atoms with E-state index in [-0.39, 0.29) is 12.4 Å². The second kappa shape index (κ2) is 6.87. The van der Waals surface area contributed by atoms with Gasteiger partial charge in [0.15, 0.2) is 0 Å². The highest BCUT2D eigenvalue weighted by Gasteiger charge is 2.14. The van der Waals surface area contributed by atoms with Crippen LogP contribution in [0.3, 0.4) is 0 Å². The summed E-state index contributed by atoms with van der Waals surface area (Å²) in [7, 11) is 1.97. The topological polar surface area (TPSA) is 23.5 Å². The molecule has 96 valence electrons. The van der Waals surface area contributed by atoms with Crippen molar-refractivity contribution >= 4 is 17.4 Å². The van der Waals surface area contributed by atoms with Crippen LogP contribution in [0.2, 0.25) is 0 Å². The van der Waals surface area contributed by atoms with Crippen molar-refractivity contribution in [2.45, 2.75) is 26.0 Å². The molecule has 4 heteroatoms. The van der Waals surface area contributed by atoms with E-state index in [4.69, 9.17) is 5.11 Å². The SMILES string of the molecule is CCC(CSC)N(C)c1cc(F)cc(CO)c1. The lowest BCUT2D eigenvalue weighted by atomic mass is 10.1. The molecule has 1 unspecified atom stereocenters. The highest BCUT2D eigenvalue weighted by atomic mass is 32.2. The third-order valence-corrected chi connectivity index (χ3v) is 3.63. The molecule has 1 aromatic carbocycles. The first-order valence-electron chi connectivity index (χ1n) is 5.74. The van der Waals surface area contributed by atoms with Gasteiger partial charge in [-0.05, 0) is 36.4 Å². The lowest BCUT2D eigenvalue weighted by Gasteiger charge is -2.29. The molecule has 0 bridgehead atoms. The second-order valence-electron chi connectivity index (χ2n) is 4.10. The summed E-state index contributed by atoms with van der Waals surface area (Å²) in [5, 5.41) is 9.08. The second-order valence-corrected chi connectivity index (χ2v) is 5.01. The van der Waals surface area contributed by atoms with E-state index < -0.39 is 0 Å². The van der Waals surface area contributed by atoms with E-state index in [9.17, 15) is 4.39 Å². The standard InChI is InChI=1S/C13H20FNOS/c1-4-12(9-17-3)15(2)13-6-10(8-16)5-11(14)7-13/h5-7,12,16H,4,8-9H2,1-3H3. The molecule has 0 saturated heterocycles. The molecule has 0 spiro atoms. The molecule has 0 aromatic heterocycles. The fraction of sp³-hybridized carbons (Fsp3) is 0.538. The van der Waals surface area contributed by atoms with Crippen LogP contribution in [0.1, 0.15) is 18.9 Å². The molecule has 1 atom stereocenters. The van der Waals surface area contributed by atoms with Gasteiger partial charge in [-0.2, -0.15) is 11.8 Å². The lowest BCUT2D eigenvalue weighted by molar-refractivity contribution is 0.281. The Morgan fingerprint density at radius 1 is 1.41 bits per heavy atom. The van der Waals surface area contributed by atoms with Gasteiger partial charge in [0, 0.05) is 24.5 Å². The van der Waals surface area contributed by atoms with Crippen LogP contribution < -0.4 is 4.90 Å². The molecule has 1 rings (SSSR count). The average molecular weight is 257 g/mol. The Morgan fingerprint density at radius 3 is 2.65 bits per heavy atom. The van der Waals surface area contributed by atoms with Crippen LogP contribution in [0, 0.1) is 5.82 Å². The van der Waals surface area contributed by atoms with Crippen molar-refractivity contribution in [3.05, 3.63) is 29.6 Å². The number of nitrogens with zero attached hydrogens (tertiary/aromatic N) is 1. The van der Waals surface area contributed by atoms with Gasteiger partial charge in [0.25, 0.3) is 0 Å². The summed E-state index contributed by atoms with van der Waals surface area (Å²) >= 11 is 1.79. The van der Waals surface area contributed by atoms with Crippen LogP contribution in [-0.4, -0.2) is 30.2 Å².